The maximum Gasteiger partial charge on any atom is 0.404 e. The van der Waals surface area contributed by atoms with Crippen molar-refractivity contribution in [2.24, 2.45) is 0 Å². The predicted molar refractivity (Wildman–Crippen MR) is 110 cm³/mol. The van der Waals surface area contributed by atoms with Gasteiger partial charge in [0.25, 0.3) is 0 Å². The van der Waals surface area contributed by atoms with E-state index in [1.54, 1.807) is 0 Å². The molecule has 1 fully saturated rings. The Labute approximate surface area is 183 Å². The monoisotopic (exact) mass is 450 g/mol. The topological polar surface area (TPSA) is 130 Å². The Morgan fingerprint density at radius 1 is 1.12 bits per heavy atom. The van der Waals surface area contributed by atoms with E-state index in [9.17, 15) is 18.4 Å². The van der Waals surface area contributed by atoms with Gasteiger partial charge in [-0.1, -0.05) is 0 Å². The lowest BCUT2D eigenvalue weighted by Gasteiger charge is -2.36. The zero-order valence-corrected chi connectivity index (χ0v) is 17.4. The zero-order valence-electron chi connectivity index (χ0n) is 17.4. The van der Waals surface area contributed by atoms with E-state index < -0.39 is 24.8 Å². The van der Waals surface area contributed by atoms with Gasteiger partial charge in [0.05, 0.1) is 25.2 Å². The van der Waals surface area contributed by atoms with E-state index in [-0.39, 0.29) is 30.3 Å². The minimum absolute atomic E-state index is 0.203. The SMILES string of the molecule is COc1ncc(-c2cnc(N(C(=O)CCC(F)F)[C@H]3CC[C@H](NC(=O)O)CC3)cn2)cn1. The van der Waals surface area contributed by atoms with Crippen LogP contribution < -0.4 is 15.0 Å². The van der Waals surface area contributed by atoms with Crippen molar-refractivity contribution < 1.29 is 28.2 Å². The molecule has 0 atom stereocenters. The van der Waals surface area contributed by atoms with Gasteiger partial charge in [-0.15, -0.1) is 0 Å². The molecule has 1 saturated carbocycles. The Hall–Kier alpha value is -3.44. The van der Waals surface area contributed by atoms with Gasteiger partial charge in [-0.25, -0.2) is 28.5 Å². The highest BCUT2D eigenvalue weighted by molar-refractivity contribution is 5.93. The molecule has 0 bridgehead atoms. The van der Waals surface area contributed by atoms with Crippen molar-refractivity contribution in [1.82, 2.24) is 25.3 Å². The number of anilines is 1. The van der Waals surface area contributed by atoms with E-state index in [2.05, 4.69) is 25.3 Å². The first-order valence-electron chi connectivity index (χ1n) is 10.2. The number of nitrogens with zero attached hydrogens (tertiary/aromatic N) is 5. The van der Waals surface area contributed by atoms with Gasteiger partial charge in [0.15, 0.2) is 5.82 Å². The van der Waals surface area contributed by atoms with Crippen LogP contribution >= 0.6 is 0 Å². The Kier molecular flexibility index (Phi) is 7.79. The van der Waals surface area contributed by atoms with Crippen LogP contribution in [0.5, 0.6) is 6.01 Å². The third kappa shape index (κ3) is 6.05. The highest BCUT2D eigenvalue weighted by Gasteiger charge is 2.31. The van der Waals surface area contributed by atoms with Crippen LogP contribution in [0, 0.1) is 0 Å². The number of carboxylic acid groups (broad SMARTS) is 1. The standard InChI is InChI=1S/C20H24F2N6O4/c1-32-19-25-8-12(9-26-19)15-10-24-17(11-23-15)28(18(29)7-6-16(21)22)14-4-2-13(3-5-14)27-20(30)31/h8-11,13-14,16,27H,2-7H2,1H3,(H,30,31)/t13-,14-. The first kappa shape index (κ1) is 23.2. The van der Waals surface area contributed by atoms with Crippen LogP contribution in [0.2, 0.25) is 0 Å². The number of nitrogens with one attached hydrogen (secondary N) is 1. The average Bonchev–Trinajstić information content (AvgIpc) is 2.79. The molecule has 2 heterocycles. The van der Waals surface area contributed by atoms with Crippen LogP contribution in [0.3, 0.4) is 0 Å². The molecule has 2 N–H and O–H groups in total. The summed E-state index contributed by atoms with van der Waals surface area (Å²) in [6.07, 6.45) is 3.49. The summed E-state index contributed by atoms with van der Waals surface area (Å²) >= 11 is 0. The minimum Gasteiger partial charge on any atom is -0.467 e. The van der Waals surface area contributed by atoms with Crippen LogP contribution in [-0.2, 0) is 4.79 Å². The Morgan fingerprint density at radius 3 is 2.34 bits per heavy atom. The van der Waals surface area contributed by atoms with Crippen LogP contribution in [0.25, 0.3) is 11.3 Å². The van der Waals surface area contributed by atoms with Crippen molar-refractivity contribution in [2.45, 2.75) is 57.0 Å². The molecule has 2 aromatic rings. The number of aromatic nitrogens is 4. The normalized spacial score (nSPS) is 18.2. The summed E-state index contributed by atoms with van der Waals surface area (Å²) in [5.74, 6) is -0.202. The fraction of sp³-hybridized carbons (Fsp3) is 0.500. The molecular weight excluding hydrogens is 426 g/mol. The Morgan fingerprint density at radius 2 is 1.81 bits per heavy atom. The Bertz CT molecular complexity index is 905. The van der Waals surface area contributed by atoms with Crippen molar-refractivity contribution >= 4 is 17.8 Å². The first-order chi connectivity index (χ1) is 15.4. The first-order valence-corrected chi connectivity index (χ1v) is 10.2. The number of hydrogen-bond donors (Lipinski definition) is 2. The van der Waals surface area contributed by atoms with Gasteiger partial charge in [0.2, 0.25) is 12.3 Å². The Balaban J connectivity index is 1.78. The summed E-state index contributed by atoms with van der Waals surface area (Å²) in [5.41, 5.74) is 1.08. The van der Waals surface area contributed by atoms with E-state index in [1.165, 1.54) is 36.8 Å². The summed E-state index contributed by atoms with van der Waals surface area (Å²) in [4.78, 5) is 41.8. The summed E-state index contributed by atoms with van der Waals surface area (Å²) < 4.78 is 30.3. The van der Waals surface area contributed by atoms with Gasteiger partial charge in [-0.05, 0) is 25.7 Å². The van der Waals surface area contributed by atoms with Crippen molar-refractivity contribution in [3.8, 4) is 17.3 Å². The third-order valence-electron chi connectivity index (χ3n) is 5.23. The van der Waals surface area contributed by atoms with Gasteiger partial charge in [-0.2, -0.15) is 0 Å². The molecule has 2 aromatic heterocycles. The largest absolute Gasteiger partial charge is 0.467 e. The molecule has 1 aliphatic rings. The molecule has 0 aromatic carbocycles. The predicted octanol–water partition coefficient (Wildman–Crippen LogP) is 2.90. The lowest BCUT2D eigenvalue weighted by atomic mass is 9.90. The van der Waals surface area contributed by atoms with Gasteiger partial charge in [0, 0.05) is 42.9 Å². The molecule has 0 unspecified atom stereocenters. The van der Waals surface area contributed by atoms with Crippen molar-refractivity contribution in [2.75, 3.05) is 12.0 Å². The summed E-state index contributed by atoms with van der Waals surface area (Å²) in [5, 5.41) is 11.3. The second kappa shape index (κ2) is 10.7. The molecule has 172 valence electrons. The number of alkyl halides is 2. The molecule has 0 saturated heterocycles. The summed E-state index contributed by atoms with van der Waals surface area (Å²) in [6, 6.07) is -0.274. The van der Waals surface area contributed by atoms with E-state index in [4.69, 9.17) is 9.84 Å². The average molecular weight is 450 g/mol. The molecule has 32 heavy (non-hydrogen) atoms. The smallest absolute Gasteiger partial charge is 0.404 e. The van der Waals surface area contributed by atoms with Gasteiger partial charge in [0.1, 0.15) is 0 Å². The lowest BCUT2D eigenvalue weighted by Crippen LogP contribution is -2.46. The van der Waals surface area contributed by atoms with Crippen LogP contribution in [0.4, 0.5) is 19.4 Å². The van der Waals surface area contributed by atoms with Crippen LogP contribution in [0.1, 0.15) is 38.5 Å². The highest BCUT2D eigenvalue weighted by atomic mass is 19.3. The fourth-order valence-corrected chi connectivity index (χ4v) is 3.67. The highest BCUT2D eigenvalue weighted by Crippen LogP contribution is 2.28. The molecule has 12 heteroatoms. The molecule has 0 radical (unpaired) electrons. The molecule has 0 spiro atoms. The maximum atomic E-state index is 12.8. The van der Waals surface area contributed by atoms with E-state index >= 15 is 0 Å². The minimum atomic E-state index is -2.58. The second-order valence-electron chi connectivity index (χ2n) is 7.37. The van der Waals surface area contributed by atoms with Gasteiger partial charge in [-0.3, -0.25) is 14.7 Å². The van der Waals surface area contributed by atoms with Crippen LogP contribution in [-0.4, -0.2) is 62.7 Å². The van der Waals surface area contributed by atoms with Crippen LogP contribution in [0.15, 0.2) is 24.8 Å². The van der Waals surface area contributed by atoms with E-state index in [0.717, 1.165) is 0 Å². The van der Waals surface area contributed by atoms with E-state index in [1.807, 2.05) is 0 Å². The molecule has 0 aliphatic heterocycles. The summed E-state index contributed by atoms with van der Waals surface area (Å²) in [7, 11) is 1.45. The quantitative estimate of drug-likeness (QED) is 0.628. The second-order valence-corrected chi connectivity index (χ2v) is 7.37. The fourth-order valence-electron chi connectivity index (χ4n) is 3.67. The molecule has 10 nitrogen and oxygen atoms in total. The lowest BCUT2D eigenvalue weighted by molar-refractivity contribution is -0.120. The summed E-state index contributed by atoms with van der Waals surface area (Å²) in [6.45, 7) is 0. The number of ether oxygens (including phenoxy) is 1. The number of hydrogen-bond acceptors (Lipinski definition) is 7. The maximum absolute atomic E-state index is 12.8. The number of halogens is 2. The van der Waals surface area contributed by atoms with Crippen molar-refractivity contribution in [1.29, 1.82) is 0 Å². The third-order valence-corrected chi connectivity index (χ3v) is 5.23. The number of methoxy groups -OCH3 is 1. The van der Waals surface area contributed by atoms with Gasteiger partial charge >= 0.3 is 12.1 Å². The molecule has 3 rings (SSSR count). The van der Waals surface area contributed by atoms with Gasteiger partial charge < -0.3 is 15.2 Å². The molecule has 1 aliphatic carbocycles. The number of carbonyl (C=O) groups excluding carboxylic acids is 1. The van der Waals surface area contributed by atoms with Crippen molar-refractivity contribution in [3.05, 3.63) is 24.8 Å². The number of amides is 2. The number of carbonyl (C=O) groups is 2. The van der Waals surface area contributed by atoms with E-state index in [0.29, 0.717) is 36.9 Å². The molecular formula is C20H24F2N6O4. The number of rotatable bonds is 8. The van der Waals surface area contributed by atoms with Crippen molar-refractivity contribution in [3.63, 3.8) is 0 Å². The molecule has 2 amide bonds. The zero-order chi connectivity index (χ0) is 23.1.